The number of nitrogens with zero attached hydrogens (tertiary/aromatic N) is 3. The van der Waals surface area contributed by atoms with Crippen LogP contribution in [0.15, 0.2) is 54.6 Å². The van der Waals surface area contributed by atoms with Gasteiger partial charge in [-0.05, 0) is 30.7 Å². The number of hydrogen-bond acceptors (Lipinski definition) is 4. The first-order chi connectivity index (χ1) is 12.3. The predicted octanol–water partition coefficient (Wildman–Crippen LogP) is 2.60. The topological polar surface area (TPSA) is 63.0 Å². The molecule has 0 atom stereocenters. The van der Waals surface area contributed by atoms with Crippen molar-refractivity contribution in [3.63, 3.8) is 0 Å². The summed E-state index contributed by atoms with van der Waals surface area (Å²) in [6, 6.07) is 16.3. The minimum atomic E-state index is -0.254. The first-order valence-corrected chi connectivity index (χ1v) is 8.31. The Bertz CT molecular complexity index is 787. The molecule has 0 unspecified atom stereocenters. The molecule has 0 aliphatic heterocycles. The molecule has 0 aliphatic rings. The number of hydrogen-bond donors (Lipinski definition) is 2. The lowest BCUT2D eigenvalue weighted by Crippen LogP contribution is -2.16. The molecule has 25 heavy (non-hydrogen) atoms. The third kappa shape index (κ3) is 4.71. The highest BCUT2D eigenvalue weighted by atomic mass is 19.1. The van der Waals surface area contributed by atoms with Gasteiger partial charge in [-0.15, -0.1) is 0 Å². The molecule has 1 heterocycles. The fourth-order valence-corrected chi connectivity index (χ4v) is 2.56. The van der Waals surface area contributed by atoms with Crippen LogP contribution < -0.4 is 5.32 Å². The largest absolute Gasteiger partial charge is 0.396 e. The second-order valence-electron chi connectivity index (χ2n) is 5.77. The molecular weight excluding hydrogens is 319 g/mol. The molecule has 0 bridgehead atoms. The van der Waals surface area contributed by atoms with Gasteiger partial charge in [0.05, 0.1) is 6.54 Å². The smallest absolute Gasteiger partial charge is 0.123 e. The van der Waals surface area contributed by atoms with Gasteiger partial charge in [0, 0.05) is 18.7 Å². The maximum atomic E-state index is 13.1. The molecule has 3 rings (SSSR count). The SMILES string of the molecule is OCCCNCc1nn(Cc2ccc(F)cc2)nc1-c1ccccc1. The molecule has 0 saturated heterocycles. The summed E-state index contributed by atoms with van der Waals surface area (Å²) in [5.74, 6) is -0.254. The highest BCUT2D eigenvalue weighted by Crippen LogP contribution is 2.20. The van der Waals surface area contributed by atoms with Crippen LogP contribution in [0.2, 0.25) is 0 Å². The van der Waals surface area contributed by atoms with Crippen LogP contribution in [0.25, 0.3) is 11.3 Å². The van der Waals surface area contributed by atoms with Gasteiger partial charge in [0.1, 0.15) is 17.2 Å². The van der Waals surface area contributed by atoms with Gasteiger partial charge in [-0.25, -0.2) is 4.39 Å². The molecule has 0 spiro atoms. The molecule has 2 N–H and O–H groups in total. The third-order valence-electron chi connectivity index (χ3n) is 3.81. The van der Waals surface area contributed by atoms with Crippen LogP contribution in [0.1, 0.15) is 17.7 Å². The maximum absolute atomic E-state index is 13.1. The summed E-state index contributed by atoms with van der Waals surface area (Å²) in [5, 5.41) is 21.4. The van der Waals surface area contributed by atoms with Crippen LogP contribution in [0.4, 0.5) is 4.39 Å². The van der Waals surface area contributed by atoms with Crippen molar-refractivity contribution in [2.45, 2.75) is 19.5 Å². The van der Waals surface area contributed by atoms with E-state index >= 15 is 0 Å². The number of halogens is 1. The molecule has 3 aromatic rings. The Morgan fingerprint density at radius 2 is 1.76 bits per heavy atom. The van der Waals surface area contributed by atoms with E-state index in [2.05, 4.69) is 15.5 Å². The minimum absolute atomic E-state index is 0.162. The zero-order chi connectivity index (χ0) is 17.5. The van der Waals surface area contributed by atoms with E-state index in [-0.39, 0.29) is 12.4 Å². The molecule has 130 valence electrons. The molecule has 0 fully saturated rings. The number of aliphatic hydroxyl groups excluding tert-OH is 1. The Balaban J connectivity index is 1.81. The molecule has 2 aromatic carbocycles. The van der Waals surface area contributed by atoms with Crippen LogP contribution in [0.5, 0.6) is 0 Å². The maximum Gasteiger partial charge on any atom is 0.123 e. The molecule has 1 aromatic heterocycles. The number of aromatic nitrogens is 3. The van der Waals surface area contributed by atoms with Crippen molar-refractivity contribution in [3.8, 4) is 11.3 Å². The summed E-state index contributed by atoms with van der Waals surface area (Å²) >= 11 is 0. The third-order valence-corrected chi connectivity index (χ3v) is 3.81. The summed E-state index contributed by atoms with van der Waals surface area (Å²) < 4.78 is 13.1. The molecule has 5 nitrogen and oxygen atoms in total. The Labute approximate surface area is 146 Å². The predicted molar refractivity (Wildman–Crippen MR) is 94.4 cm³/mol. The Morgan fingerprint density at radius 1 is 1.00 bits per heavy atom. The van der Waals surface area contributed by atoms with E-state index in [0.29, 0.717) is 19.5 Å². The standard InChI is InChI=1S/C19H21FN4O/c20-17-9-7-15(8-10-17)14-24-22-18(13-21-11-4-12-25)19(23-24)16-5-2-1-3-6-16/h1-3,5-10,21,25H,4,11-14H2. The van der Waals surface area contributed by atoms with E-state index < -0.39 is 0 Å². The lowest BCUT2D eigenvalue weighted by molar-refractivity contribution is 0.286. The van der Waals surface area contributed by atoms with Gasteiger partial charge in [-0.3, -0.25) is 0 Å². The van der Waals surface area contributed by atoms with Crippen LogP contribution >= 0.6 is 0 Å². The summed E-state index contributed by atoms with van der Waals surface area (Å²) in [4.78, 5) is 1.64. The lowest BCUT2D eigenvalue weighted by atomic mass is 10.1. The second-order valence-corrected chi connectivity index (χ2v) is 5.77. The first kappa shape index (κ1) is 17.3. The van der Waals surface area contributed by atoms with Crippen LogP contribution in [0.3, 0.4) is 0 Å². The van der Waals surface area contributed by atoms with Gasteiger partial charge >= 0.3 is 0 Å². The van der Waals surface area contributed by atoms with Gasteiger partial charge in [0.15, 0.2) is 0 Å². The van der Waals surface area contributed by atoms with Gasteiger partial charge in [0.25, 0.3) is 0 Å². The molecule has 0 saturated carbocycles. The fourth-order valence-electron chi connectivity index (χ4n) is 2.56. The number of aliphatic hydroxyl groups is 1. The van der Waals surface area contributed by atoms with Gasteiger partial charge in [-0.1, -0.05) is 42.5 Å². The number of benzene rings is 2. The van der Waals surface area contributed by atoms with Crippen molar-refractivity contribution >= 4 is 0 Å². The molecule has 0 aliphatic carbocycles. The minimum Gasteiger partial charge on any atom is -0.396 e. The van der Waals surface area contributed by atoms with E-state index in [9.17, 15) is 4.39 Å². The average Bonchev–Trinajstić information content (AvgIpc) is 3.04. The Kier molecular flexibility index (Phi) is 5.87. The molecule has 6 heteroatoms. The van der Waals surface area contributed by atoms with E-state index in [4.69, 9.17) is 5.11 Å². The van der Waals surface area contributed by atoms with Gasteiger partial charge in [-0.2, -0.15) is 15.0 Å². The van der Waals surface area contributed by atoms with Crippen molar-refractivity contribution in [2.75, 3.05) is 13.2 Å². The first-order valence-electron chi connectivity index (χ1n) is 8.31. The normalized spacial score (nSPS) is 11.0. The summed E-state index contributed by atoms with van der Waals surface area (Å²) in [6.45, 7) is 1.94. The number of nitrogens with one attached hydrogen (secondary N) is 1. The molecule has 0 radical (unpaired) electrons. The zero-order valence-electron chi connectivity index (χ0n) is 13.9. The van der Waals surface area contributed by atoms with Crippen LogP contribution in [-0.4, -0.2) is 33.3 Å². The summed E-state index contributed by atoms with van der Waals surface area (Å²) in [5.41, 5.74) is 3.63. The van der Waals surface area contributed by atoms with E-state index in [1.54, 1.807) is 16.9 Å². The zero-order valence-corrected chi connectivity index (χ0v) is 13.9. The highest BCUT2D eigenvalue weighted by molar-refractivity contribution is 5.60. The van der Waals surface area contributed by atoms with Crippen molar-refractivity contribution < 1.29 is 9.50 Å². The molecule has 0 amide bonds. The van der Waals surface area contributed by atoms with Crippen LogP contribution in [-0.2, 0) is 13.1 Å². The average molecular weight is 340 g/mol. The molecular formula is C19H21FN4O. The van der Waals surface area contributed by atoms with E-state index in [1.165, 1.54) is 12.1 Å². The van der Waals surface area contributed by atoms with Crippen LogP contribution in [0, 0.1) is 5.82 Å². The monoisotopic (exact) mass is 340 g/mol. The Hall–Kier alpha value is -2.57. The second kappa shape index (κ2) is 8.50. The Morgan fingerprint density at radius 3 is 2.48 bits per heavy atom. The quantitative estimate of drug-likeness (QED) is 0.619. The van der Waals surface area contributed by atoms with E-state index in [0.717, 1.165) is 29.1 Å². The van der Waals surface area contributed by atoms with Crippen molar-refractivity contribution in [3.05, 3.63) is 71.7 Å². The van der Waals surface area contributed by atoms with Gasteiger partial charge in [0.2, 0.25) is 0 Å². The van der Waals surface area contributed by atoms with E-state index in [1.807, 2.05) is 30.3 Å². The highest BCUT2D eigenvalue weighted by Gasteiger charge is 2.13. The van der Waals surface area contributed by atoms with Crippen molar-refractivity contribution in [1.29, 1.82) is 0 Å². The summed E-state index contributed by atoms with van der Waals surface area (Å²) in [6.07, 6.45) is 0.699. The van der Waals surface area contributed by atoms with Crippen molar-refractivity contribution in [2.24, 2.45) is 0 Å². The summed E-state index contributed by atoms with van der Waals surface area (Å²) in [7, 11) is 0. The number of rotatable bonds is 8. The van der Waals surface area contributed by atoms with Crippen molar-refractivity contribution in [1.82, 2.24) is 20.3 Å². The lowest BCUT2D eigenvalue weighted by Gasteiger charge is -2.02. The van der Waals surface area contributed by atoms with Gasteiger partial charge < -0.3 is 10.4 Å². The fraction of sp³-hybridized carbons (Fsp3) is 0.263.